The fourth-order valence-electron chi connectivity index (χ4n) is 7.45. The van der Waals surface area contributed by atoms with Crippen molar-refractivity contribution in [3.05, 3.63) is 30.1 Å². The zero-order chi connectivity index (χ0) is 38.3. The molecule has 9 nitrogen and oxygen atoms in total. The molecule has 0 radical (unpaired) electrons. The highest BCUT2D eigenvalue weighted by atomic mass is 16.6. The molecule has 0 atom stereocenters. The van der Waals surface area contributed by atoms with Gasteiger partial charge in [-0.2, -0.15) is 0 Å². The summed E-state index contributed by atoms with van der Waals surface area (Å²) >= 11 is 0. The number of nitrogens with two attached hydrogens (primary N) is 1. The molecule has 0 fully saturated rings. The number of esters is 1. The van der Waals surface area contributed by atoms with Crippen molar-refractivity contribution < 1.29 is 14.3 Å². The van der Waals surface area contributed by atoms with Crippen LogP contribution in [0.3, 0.4) is 0 Å². The van der Waals surface area contributed by atoms with Crippen molar-refractivity contribution in [3.8, 4) is 0 Å². The van der Waals surface area contributed by atoms with Gasteiger partial charge in [0.15, 0.2) is 5.82 Å². The summed E-state index contributed by atoms with van der Waals surface area (Å²) in [5.41, 5.74) is 8.00. The van der Waals surface area contributed by atoms with Crippen molar-refractivity contribution in [1.82, 2.24) is 24.3 Å². The number of carbonyl (C=O) groups excluding carboxylic acids is 1. The van der Waals surface area contributed by atoms with Crippen LogP contribution in [0.15, 0.2) is 24.3 Å². The van der Waals surface area contributed by atoms with Crippen LogP contribution >= 0.6 is 0 Å². The van der Waals surface area contributed by atoms with Gasteiger partial charge in [0.05, 0.1) is 17.6 Å². The second kappa shape index (κ2) is 25.4. The third-order valence-corrected chi connectivity index (χ3v) is 10.5. The van der Waals surface area contributed by atoms with Gasteiger partial charge in [-0.3, -0.25) is 4.79 Å². The standard InChI is InChI=1S/C44H76N6O3/c1-7-11-13-15-17-23-30-48(9-3)33-26-34-49(31-24-18-16-14-12-8-2)32-25-19-20-29-40(51)53-44(5,6)36-50-39(35-52-10-4)47-41-42(50)37-27-21-22-28-38(37)46-43(41)45/h21-22,27-28H,7-20,23-26,29-36H2,1-6H3,(H2,45,46). The summed E-state index contributed by atoms with van der Waals surface area (Å²) in [5, 5.41) is 0.968. The van der Waals surface area contributed by atoms with E-state index in [4.69, 9.17) is 20.2 Å². The number of anilines is 1. The quantitative estimate of drug-likeness (QED) is 0.0515. The van der Waals surface area contributed by atoms with E-state index >= 15 is 0 Å². The first-order valence-corrected chi connectivity index (χ1v) is 21.5. The topological polar surface area (TPSA) is 98.7 Å². The van der Waals surface area contributed by atoms with Gasteiger partial charge < -0.3 is 29.6 Å². The molecule has 0 aliphatic carbocycles. The molecule has 1 aromatic carbocycles. The summed E-state index contributed by atoms with van der Waals surface area (Å²) < 4.78 is 14.0. The SMILES string of the molecule is CCCCCCCCN(CC)CCCN(CCCCCCCC)CCCCCC(=O)OC(C)(C)Cn1c(COCC)nc2c(N)nc3ccccc3c21. The number of hydrogen-bond donors (Lipinski definition) is 1. The maximum absolute atomic E-state index is 13.2. The maximum Gasteiger partial charge on any atom is 0.306 e. The average molecular weight is 737 g/mol. The molecule has 2 aromatic heterocycles. The van der Waals surface area contributed by atoms with E-state index in [0.29, 0.717) is 37.5 Å². The smallest absolute Gasteiger partial charge is 0.306 e. The van der Waals surface area contributed by atoms with Crippen LogP contribution in [0, 0.1) is 0 Å². The number of nitrogens with zero attached hydrogens (tertiary/aromatic N) is 5. The minimum atomic E-state index is -0.750. The van der Waals surface area contributed by atoms with Crippen LogP contribution in [-0.4, -0.2) is 81.8 Å². The van der Waals surface area contributed by atoms with Crippen molar-refractivity contribution in [2.75, 3.05) is 51.6 Å². The Morgan fingerprint density at radius 1 is 0.736 bits per heavy atom. The third-order valence-electron chi connectivity index (χ3n) is 10.5. The second-order valence-electron chi connectivity index (χ2n) is 15.7. The molecule has 0 spiro atoms. The number of unbranched alkanes of at least 4 members (excludes halogenated alkanes) is 12. The fraction of sp³-hybridized carbons (Fsp3) is 0.750. The Balaban J connectivity index is 1.49. The molecule has 0 saturated heterocycles. The number of para-hydroxylation sites is 1. The highest BCUT2D eigenvalue weighted by Gasteiger charge is 2.27. The predicted molar refractivity (Wildman–Crippen MR) is 223 cm³/mol. The van der Waals surface area contributed by atoms with E-state index in [2.05, 4.69) is 40.1 Å². The van der Waals surface area contributed by atoms with Crippen molar-refractivity contribution in [1.29, 1.82) is 0 Å². The summed E-state index contributed by atoms with van der Waals surface area (Å²) in [7, 11) is 0. The van der Waals surface area contributed by atoms with E-state index in [9.17, 15) is 4.79 Å². The van der Waals surface area contributed by atoms with Crippen LogP contribution < -0.4 is 5.73 Å². The highest BCUT2D eigenvalue weighted by Crippen LogP contribution is 2.31. The summed E-state index contributed by atoms with van der Waals surface area (Å²) in [5.74, 6) is 0.995. The molecule has 300 valence electrons. The molecule has 0 aliphatic heterocycles. The van der Waals surface area contributed by atoms with Gasteiger partial charge in [0.25, 0.3) is 0 Å². The predicted octanol–water partition coefficient (Wildman–Crippen LogP) is 10.3. The van der Waals surface area contributed by atoms with Gasteiger partial charge in [-0.05, 0) is 98.2 Å². The van der Waals surface area contributed by atoms with Crippen LogP contribution in [0.4, 0.5) is 5.82 Å². The number of pyridine rings is 1. The van der Waals surface area contributed by atoms with Crippen molar-refractivity contribution >= 4 is 33.7 Å². The normalized spacial score (nSPS) is 12.2. The van der Waals surface area contributed by atoms with Gasteiger partial charge in [0.1, 0.15) is 23.5 Å². The lowest BCUT2D eigenvalue weighted by atomic mass is 10.1. The molecule has 0 amide bonds. The summed E-state index contributed by atoms with van der Waals surface area (Å²) in [6, 6.07) is 7.95. The van der Waals surface area contributed by atoms with Crippen molar-refractivity contribution in [2.45, 2.75) is 169 Å². The number of imidazole rings is 1. The monoisotopic (exact) mass is 737 g/mol. The van der Waals surface area contributed by atoms with E-state index in [1.54, 1.807) is 0 Å². The number of aromatic nitrogens is 3. The molecule has 3 rings (SSSR count). The number of hydrogen-bond acceptors (Lipinski definition) is 8. The zero-order valence-electron chi connectivity index (χ0n) is 34.7. The van der Waals surface area contributed by atoms with Crippen molar-refractivity contribution in [3.63, 3.8) is 0 Å². The van der Waals surface area contributed by atoms with Crippen LogP contribution in [0.25, 0.3) is 21.9 Å². The number of ether oxygens (including phenoxy) is 2. The third kappa shape index (κ3) is 16.3. The minimum Gasteiger partial charge on any atom is -0.458 e. The number of nitrogen functional groups attached to an aromatic ring is 1. The lowest BCUT2D eigenvalue weighted by Gasteiger charge is -2.27. The molecule has 0 unspecified atom stereocenters. The van der Waals surface area contributed by atoms with Gasteiger partial charge in [0, 0.05) is 18.4 Å². The first kappa shape index (κ1) is 44.6. The Bertz CT molecular complexity index is 1440. The Kier molecular flexibility index (Phi) is 21.4. The van der Waals surface area contributed by atoms with E-state index in [1.165, 1.54) is 110 Å². The average Bonchev–Trinajstić information content (AvgIpc) is 3.49. The number of benzene rings is 1. The molecule has 0 bridgehead atoms. The summed E-state index contributed by atoms with van der Waals surface area (Å²) in [6.07, 6.45) is 20.8. The second-order valence-corrected chi connectivity index (χ2v) is 15.7. The molecule has 2 heterocycles. The van der Waals surface area contributed by atoms with Gasteiger partial charge in [-0.25, -0.2) is 9.97 Å². The van der Waals surface area contributed by atoms with Gasteiger partial charge in [0.2, 0.25) is 0 Å². The molecule has 2 N–H and O–H groups in total. The number of rotatable bonds is 31. The van der Waals surface area contributed by atoms with Crippen LogP contribution in [0.1, 0.15) is 157 Å². The van der Waals surface area contributed by atoms with Gasteiger partial charge in [-0.1, -0.05) is 110 Å². The fourth-order valence-corrected chi connectivity index (χ4v) is 7.45. The lowest BCUT2D eigenvalue weighted by Crippen LogP contribution is -2.34. The van der Waals surface area contributed by atoms with E-state index in [0.717, 1.165) is 54.6 Å². The van der Waals surface area contributed by atoms with E-state index in [1.807, 2.05) is 45.0 Å². The number of carbonyl (C=O) groups is 1. The molecular weight excluding hydrogens is 661 g/mol. The highest BCUT2D eigenvalue weighted by molar-refractivity contribution is 6.06. The molecular formula is C44H76N6O3. The molecule has 3 aromatic rings. The summed E-state index contributed by atoms with van der Waals surface area (Å²) in [4.78, 5) is 28.0. The van der Waals surface area contributed by atoms with Crippen LogP contribution in [0.2, 0.25) is 0 Å². The lowest BCUT2D eigenvalue weighted by molar-refractivity contribution is -0.157. The van der Waals surface area contributed by atoms with E-state index < -0.39 is 5.60 Å². The molecule has 53 heavy (non-hydrogen) atoms. The Morgan fingerprint density at radius 3 is 1.94 bits per heavy atom. The molecule has 0 aliphatic rings. The van der Waals surface area contributed by atoms with Crippen LogP contribution in [-0.2, 0) is 27.4 Å². The Morgan fingerprint density at radius 2 is 1.30 bits per heavy atom. The minimum absolute atomic E-state index is 0.147. The van der Waals surface area contributed by atoms with Gasteiger partial charge >= 0.3 is 5.97 Å². The largest absolute Gasteiger partial charge is 0.458 e. The first-order chi connectivity index (χ1) is 25.7. The first-order valence-electron chi connectivity index (χ1n) is 21.5. The molecule has 9 heteroatoms. The van der Waals surface area contributed by atoms with Crippen LogP contribution in [0.5, 0.6) is 0 Å². The van der Waals surface area contributed by atoms with E-state index in [-0.39, 0.29) is 5.97 Å². The number of fused-ring (bicyclic) bond motifs is 3. The van der Waals surface area contributed by atoms with Gasteiger partial charge in [-0.15, -0.1) is 0 Å². The van der Waals surface area contributed by atoms with Crippen molar-refractivity contribution in [2.24, 2.45) is 0 Å². The summed E-state index contributed by atoms with van der Waals surface area (Å²) in [6.45, 7) is 21.2. The Labute approximate surface area is 322 Å². The Hall–Kier alpha value is -2.75. The molecule has 0 saturated carbocycles. The maximum atomic E-state index is 13.2. The zero-order valence-corrected chi connectivity index (χ0v) is 34.7.